The van der Waals surface area contributed by atoms with Crippen LogP contribution in [0.5, 0.6) is 5.75 Å². The molecule has 9 heteroatoms. The first-order valence-electron chi connectivity index (χ1n) is 9.53. The summed E-state index contributed by atoms with van der Waals surface area (Å²) in [7, 11) is 0. The number of halogens is 3. The second-order valence-electron chi connectivity index (χ2n) is 7.97. The van der Waals surface area contributed by atoms with E-state index in [-0.39, 0.29) is 23.7 Å². The Kier molecular flexibility index (Phi) is 7.37. The first-order valence-corrected chi connectivity index (χ1v) is 9.53. The van der Waals surface area contributed by atoms with Crippen molar-refractivity contribution < 1.29 is 32.2 Å². The molecule has 162 valence electrons. The highest BCUT2D eigenvalue weighted by atomic mass is 19.4. The fourth-order valence-electron chi connectivity index (χ4n) is 2.98. The van der Waals surface area contributed by atoms with E-state index in [2.05, 4.69) is 10.1 Å². The average molecular weight is 416 g/mol. The second kappa shape index (κ2) is 9.37. The summed E-state index contributed by atoms with van der Waals surface area (Å²) in [5.74, 6) is -0.524. The fourth-order valence-corrected chi connectivity index (χ4v) is 2.98. The van der Waals surface area contributed by atoms with Crippen LogP contribution in [-0.4, -0.2) is 48.5 Å². The van der Waals surface area contributed by atoms with Crippen molar-refractivity contribution in [1.29, 1.82) is 0 Å². The van der Waals surface area contributed by atoms with Crippen molar-refractivity contribution in [3.8, 4) is 5.75 Å². The molecule has 0 bridgehead atoms. The number of alkyl halides is 3. The monoisotopic (exact) mass is 416 g/mol. The van der Waals surface area contributed by atoms with Crippen LogP contribution in [0, 0.1) is 5.92 Å². The Labute approximate surface area is 168 Å². The summed E-state index contributed by atoms with van der Waals surface area (Å²) in [5.41, 5.74) is 0.238. The zero-order valence-corrected chi connectivity index (χ0v) is 16.8. The number of hydrogen-bond donors (Lipinski definition) is 1. The number of amides is 2. The smallest absolute Gasteiger partial charge is 0.444 e. The standard InChI is InChI=1S/C20H27F3N2O4/c1-19(2,3)29-18(27)25-12-9-15(10-13-25)17(26)24-11-8-14-4-6-16(7-5-14)28-20(21,22)23/h4-7,15H,8-13H2,1-3H3,(H,24,26). The molecule has 1 N–H and O–H groups in total. The third-order valence-electron chi connectivity index (χ3n) is 4.39. The molecule has 1 aromatic rings. The molecule has 1 aliphatic heterocycles. The second-order valence-corrected chi connectivity index (χ2v) is 7.97. The lowest BCUT2D eigenvalue weighted by Gasteiger charge is -2.32. The molecule has 6 nitrogen and oxygen atoms in total. The summed E-state index contributed by atoms with van der Waals surface area (Å²) in [5, 5.41) is 2.85. The van der Waals surface area contributed by atoms with Gasteiger partial charge in [0.05, 0.1) is 0 Å². The third-order valence-corrected chi connectivity index (χ3v) is 4.39. The maximum Gasteiger partial charge on any atom is 0.573 e. The van der Waals surface area contributed by atoms with Gasteiger partial charge in [-0.25, -0.2) is 4.79 Å². The number of carbonyl (C=O) groups excluding carboxylic acids is 2. The first kappa shape index (κ1) is 22.8. The molecule has 1 aromatic carbocycles. The van der Waals surface area contributed by atoms with Gasteiger partial charge in [0, 0.05) is 25.6 Å². The molecule has 1 saturated heterocycles. The molecule has 0 atom stereocenters. The molecule has 0 saturated carbocycles. The zero-order chi connectivity index (χ0) is 21.7. The number of hydrogen-bond acceptors (Lipinski definition) is 4. The Hall–Kier alpha value is -2.45. The average Bonchev–Trinajstić information content (AvgIpc) is 2.60. The van der Waals surface area contributed by atoms with Crippen LogP contribution in [0.2, 0.25) is 0 Å². The minimum absolute atomic E-state index is 0.0779. The number of ether oxygens (including phenoxy) is 2. The number of piperidine rings is 1. The largest absolute Gasteiger partial charge is 0.573 e. The van der Waals surface area contributed by atoms with Gasteiger partial charge in [-0.15, -0.1) is 13.2 Å². The van der Waals surface area contributed by atoms with Gasteiger partial charge >= 0.3 is 12.5 Å². The van der Waals surface area contributed by atoms with E-state index < -0.39 is 12.0 Å². The summed E-state index contributed by atoms with van der Waals surface area (Å²) in [6.45, 7) is 6.73. The molecule has 0 spiro atoms. The summed E-state index contributed by atoms with van der Waals surface area (Å²) < 4.78 is 45.6. The van der Waals surface area contributed by atoms with Crippen LogP contribution in [0.1, 0.15) is 39.2 Å². The predicted molar refractivity (Wildman–Crippen MR) is 100 cm³/mol. The van der Waals surface area contributed by atoms with Crippen molar-refractivity contribution >= 4 is 12.0 Å². The summed E-state index contributed by atoms with van der Waals surface area (Å²) in [6.07, 6.45) is -3.46. The van der Waals surface area contributed by atoms with Crippen LogP contribution < -0.4 is 10.1 Å². The van der Waals surface area contributed by atoms with Crippen LogP contribution in [0.25, 0.3) is 0 Å². The highest BCUT2D eigenvalue weighted by Gasteiger charge is 2.31. The maximum atomic E-state index is 12.3. The zero-order valence-electron chi connectivity index (χ0n) is 16.8. The van der Waals surface area contributed by atoms with E-state index in [1.54, 1.807) is 4.90 Å². The molecule has 1 heterocycles. The Morgan fingerprint density at radius 2 is 1.69 bits per heavy atom. The van der Waals surface area contributed by atoms with E-state index in [0.717, 1.165) is 5.56 Å². The Morgan fingerprint density at radius 1 is 1.10 bits per heavy atom. The minimum atomic E-state index is -4.71. The third kappa shape index (κ3) is 8.21. The number of nitrogens with zero attached hydrogens (tertiary/aromatic N) is 1. The molecule has 2 rings (SSSR count). The van der Waals surface area contributed by atoms with Crippen LogP contribution in [-0.2, 0) is 16.0 Å². The normalized spacial score (nSPS) is 15.7. The van der Waals surface area contributed by atoms with Gasteiger partial charge in [-0.2, -0.15) is 0 Å². The van der Waals surface area contributed by atoms with Gasteiger partial charge in [-0.1, -0.05) is 12.1 Å². The van der Waals surface area contributed by atoms with Gasteiger partial charge in [0.25, 0.3) is 0 Å². The summed E-state index contributed by atoms with van der Waals surface area (Å²) in [6, 6.07) is 5.56. The molecule has 29 heavy (non-hydrogen) atoms. The van der Waals surface area contributed by atoms with Crippen LogP contribution in [0.3, 0.4) is 0 Å². The molecule has 0 unspecified atom stereocenters. The van der Waals surface area contributed by atoms with Gasteiger partial charge in [-0.05, 0) is 57.7 Å². The molecule has 0 aromatic heterocycles. The molecule has 0 radical (unpaired) electrons. The van der Waals surface area contributed by atoms with E-state index in [9.17, 15) is 22.8 Å². The van der Waals surface area contributed by atoms with Gasteiger partial charge in [-0.3, -0.25) is 4.79 Å². The lowest BCUT2D eigenvalue weighted by atomic mass is 9.96. The van der Waals surface area contributed by atoms with E-state index in [1.807, 2.05) is 20.8 Å². The first-order chi connectivity index (χ1) is 13.4. The topological polar surface area (TPSA) is 67.9 Å². The van der Waals surface area contributed by atoms with E-state index in [0.29, 0.717) is 38.9 Å². The Morgan fingerprint density at radius 3 is 2.21 bits per heavy atom. The van der Waals surface area contributed by atoms with Crippen LogP contribution >= 0.6 is 0 Å². The SMILES string of the molecule is CC(C)(C)OC(=O)N1CCC(C(=O)NCCc2ccc(OC(F)(F)F)cc2)CC1. The highest BCUT2D eigenvalue weighted by Crippen LogP contribution is 2.23. The summed E-state index contributed by atoms with van der Waals surface area (Å²) >= 11 is 0. The molecule has 0 aliphatic carbocycles. The van der Waals surface area contributed by atoms with Crippen molar-refractivity contribution in [2.45, 2.75) is 52.0 Å². The van der Waals surface area contributed by atoms with E-state index in [4.69, 9.17) is 4.74 Å². The molecular weight excluding hydrogens is 389 g/mol. The number of likely N-dealkylation sites (tertiary alicyclic amines) is 1. The number of carbonyl (C=O) groups is 2. The molecule has 1 aliphatic rings. The Bertz CT molecular complexity index is 691. The van der Waals surface area contributed by atoms with Crippen LogP contribution in [0.4, 0.5) is 18.0 Å². The lowest BCUT2D eigenvalue weighted by Crippen LogP contribution is -2.45. The molecule has 2 amide bonds. The number of nitrogens with one attached hydrogen (secondary N) is 1. The van der Waals surface area contributed by atoms with Crippen LogP contribution in [0.15, 0.2) is 24.3 Å². The minimum Gasteiger partial charge on any atom is -0.444 e. The van der Waals surface area contributed by atoms with Crippen molar-refractivity contribution in [2.75, 3.05) is 19.6 Å². The van der Waals surface area contributed by atoms with Crippen molar-refractivity contribution in [3.63, 3.8) is 0 Å². The van der Waals surface area contributed by atoms with Gasteiger partial charge in [0.15, 0.2) is 0 Å². The molecule has 1 fully saturated rings. The maximum absolute atomic E-state index is 12.3. The number of benzene rings is 1. The Balaban J connectivity index is 1.70. The summed E-state index contributed by atoms with van der Waals surface area (Å²) in [4.78, 5) is 26.0. The van der Waals surface area contributed by atoms with Gasteiger partial charge in [0.1, 0.15) is 11.4 Å². The van der Waals surface area contributed by atoms with Gasteiger partial charge < -0.3 is 19.7 Å². The fraction of sp³-hybridized carbons (Fsp3) is 0.600. The van der Waals surface area contributed by atoms with Gasteiger partial charge in [0.2, 0.25) is 5.91 Å². The lowest BCUT2D eigenvalue weighted by molar-refractivity contribution is -0.274. The van der Waals surface area contributed by atoms with E-state index >= 15 is 0 Å². The highest BCUT2D eigenvalue weighted by molar-refractivity contribution is 5.79. The molecular formula is C20H27F3N2O4. The van der Waals surface area contributed by atoms with Crippen molar-refractivity contribution in [1.82, 2.24) is 10.2 Å². The quantitative estimate of drug-likeness (QED) is 0.791. The van der Waals surface area contributed by atoms with Crippen molar-refractivity contribution in [2.24, 2.45) is 5.92 Å². The van der Waals surface area contributed by atoms with E-state index in [1.165, 1.54) is 24.3 Å². The number of rotatable bonds is 5. The van der Waals surface area contributed by atoms with Crippen molar-refractivity contribution in [3.05, 3.63) is 29.8 Å². The predicted octanol–water partition coefficient (Wildman–Crippen LogP) is 3.89.